The smallest absolute Gasteiger partial charge is 0.400 e. The number of benzene rings is 1. The highest BCUT2D eigenvalue weighted by Gasteiger charge is 2.52. The fourth-order valence-electron chi connectivity index (χ4n) is 2.52. The molecule has 1 aromatic carbocycles. The zero-order valence-electron chi connectivity index (χ0n) is 15.8. The van der Waals surface area contributed by atoms with Crippen molar-refractivity contribution >= 4 is 30.7 Å². The zero-order chi connectivity index (χ0) is 20.6. The van der Waals surface area contributed by atoms with E-state index in [0.29, 0.717) is 5.47 Å². The molecule has 4 nitrogen and oxygen atoms in total. The Morgan fingerprint density at radius 2 is 1.78 bits per heavy atom. The molecule has 1 amide bonds. The lowest BCUT2D eigenvalue weighted by Crippen LogP contribution is -2.41. The van der Waals surface area contributed by atoms with Crippen molar-refractivity contribution in [2.75, 3.05) is 6.54 Å². The predicted octanol–water partition coefficient (Wildman–Crippen LogP) is 4.51. The van der Waals surface area contributed by atoms with E-state index in [4.69, 9.17) is 20.9 Å². The average molecular weight is 404 g/mol. The van der Waals surface area contributed by atoms with Gasteiger partial charge in [0.25, 0.3) is 0 Å². The maximum Gasteiger partial charge on any atom is 0.492 e. The minimum atomic E-state index is -4.58. The van der Waals surface area contributed by atoms with Crippen LogP contribution in [0, 0.1) is 0 Å². The summed E-state index contributed by atoms with van der Waals surface area (Å²) in [6, 6.07) is 3.53. The van der Waals surface area contributed by atoms with Crippen molar-refractivity contribution in [1.82, 2.24) is 5.32 Å². The summed E-state index contributed by atoms with van der Waals surface area (Å²) in [7, 11) is -0.890. The molecule has 0 aliphatic carbocycles. The van der Waals surface area contributed by atoms with Gasteiger partial charge in [-0.15, -0.1) is 0 Å². The quantitative estimate of drug-likeness (QED) is 0.753. The van der Waals surface area contributed by atoms with Gasteiger partial charge < -0.3 is 14.6 Å². The Labute approximate surface area is 162 Å². The van der Waals surface area contributed by atoms with Crippen LogP contribution in [-0.4, -0.2) is 30.8 Å². The maximum atomic E-state index is 13.4. The van der Waals surface area contributed by atoms with E-state index >= 15 is 0 Å². The summed E-state index contributed by atoms with van der Waals surface area (Å²) in [5.41, 5.74) is -1.91. The second kappa shape index (κ2) is 7.49. The molecule has 9 heteroatoms. The molecule has 0 aromatic heterocycles. The summed E-state index contributed by atoms with van der Waals surface area (Å²) in [5, 5.41) is 2.58. The monoisotopic (exact) mass is 403 g/mol. The second-order valence-corrected chi connectivity index (χ2v) is 7.88. The number of alkyl halides is 3. The van der Waals surface area contributed by atoms with E-state index in [1.807, 2.05) is 27.7 Å². The van der Waals surface area contributed by atoms with E-state index in [-0.39, 0.29) is 23.0 Å². The Hall–Kier alpha value is -1.51. The molecule has 2 rings (SSSR count). The SMILES string of the molecule is CC(=O)NCC(=Cc1ccc(Cl)cc1C(F)(F)F)B1OC(C)(C)C(C)(C)O1. The van der Waals surface area contributed by atoms with Crippen LogP contribution in [0.25, 0.3) is 6.08 Å². The fourth-order valence-corrected chi connectivity index (χ4v) is 2.70. The average Bonchev–Trinajstić information content (AvgIpc) is 2.71. The standard InChI is InChI=1S/C18H22BClF3NO3/c1-11(25)24-10-13(19-26-16(2,3)17(4,5)27-19)8-12-6-7-14(20)9-15(12)18(21,22)23/h6-9H,10H2,1-5H3,(H,24,25). The third-order valence-electron chi connectivity index (χ3n) is 4.76. The first-order chi connectivity index (χ1) is 12.2. The minimum Gasteiger partial charge on any atom is -0.400 e. The van der Waals surface area contributed by atoms with Crippen molar-refractivity contribution in [2.45, 2.75) is 52.0 Å². The van der Waals surface area contributed by atoms with Crippen LogP contribution in [0.1, 0.15) is 45.7 Å². The van der Waals surface area contributed by atoms with Crippen LogP contribution in [-0.2, 0) is 20.3 Å². The molecular formula is C18H22BClF3NO3. The zero-order valence-corrected chi connectivity index (χ0v) is 16.6. The highest BCUT2D eigenvalue weighted by Crippen LogP contribution is 2.40. The number of carbonyl (C=O) groups is 1. The third-order valence-corrected chi connectivity index (χ3v) is 4.99. The lowest BCUT2D eigenvalue weighted by molar-refractivity contribution is -0.137. The van der Waals surface area contributed by atoms with E-state index in [9.17, 15) is 18.0 Å². The molecule has 0 spiro atoms. The molecule has 0 atom stereocenters. The van der Waals surface area contributed by atoms with Crippen molar-refractivity contribution in [1.29, 1.82) is 0 Å². The summed E-state index contributed by atoms with van der Waals surface area (Å²) in [4.78, 5) is 11.3. The third kappa shape index (κ3) is 5.06. The molecule has 1 aliphatic heterocycles. The van der Waals surface area contributed by atoms with Crippen molar-refractivity contribution in [3.05, 3.63) is 39.8 Å². The summed E-state index contributed by atoms with van der Waals surface area (Å²) >= 11 is 5.74. The summed E-state index contributed by atoms with van der Waals surface area (Å²) in [5.74, 6) is -0.315. The number of nitrogens with one attached hydrogen (secondary N) is 1. The molecule has 0 unspecified atom stereocenters. The van der Waals surface area contributed by atoms with Gasteiger partial charge in [0.1, 0.15) is 0 Å². The van der Waals surface area contributed by atoms with Gasteiger partial charge in [0.05, 0.1) is 16.8 Å². The van der Waals surface area contributed by atoms with Crippen LogP contribution in [0.5, 0.6) is 0 Å². The first-order valence-electron chi connectivity index (χ1n) is 8.40. The normalized spacial score (nSPS) is 19.3. The maximum absolute atomic E-state index is 13.4. The van der Waals surface area contributed by atoms with Crippen LogP contribution in [0.3, 0.4) is 0 Å². The molecule has 1 aromatic rings. The summed E-state index contributed by atoms with van der Waals surface area (Å²) in [6.07, 6.45) is -3.25. The van der Waals surface area contributed by atoms with Gasteiger partial charge >= 0.3 is 13.3 Å². The Bertz CT molecular complexity index is 747. The van der Waals surface area contributed by atoms with Gasteiger partial charge in [-0.1, -0.05) is 23.7 Å². The Balaban J connectivity index is 2.48. The molecular weight excluding hydrogens is 381 g/mol. The highest BCUT2D eigenvalue weighted by molar-refractivity contribution is 6.56. The van der Waals surface area contributed by atoms with Crippen molar-refractivity contribution in [2.24, 2.45) is 0 Å². The second-order valence-electron chi connectivity index (χ2n) is 7.45. The van der Waals surface area contributed by atoms with Gasteiger partial charge in [-0.05, 0) is 50.9 Å². The number of halogens is 4. The molecule has 1 fully saturated rings. The summed E-state index contributed by atoms with van der Waals surface area (Å²) in [6.45, 7) is 8.68. The van der Waals surface area contributed by atoms with Crippen molar-refractivity contribution in [3.8, 4) is 0 Å². The van der Waals surface area contributed by atoms with Crippen molar-refractivity contribution in [3.63, 3.8) is 0 Å². The molecule has 1 aliphatic rings. The van der Waals surface area contributed by atoms with Gasteiger partial charge in [0.2, 0.25) is 5.91 Å². The van der Waals surface area contributed by atoms with Gasteiger partial charge in [-0.25, -0.2) is 0 Å². The first kappa shape index (κ1) is 21.8. The van der Waals surface area contributed by atoms with E-state index < -0.39 is 30.1 Å². The lowest BCUT2D eigenvalue weighted by atomic mass is 9.76. The van der Waals surface area contributed by atoms with Gasteiger partial charge in [0.15, 0.2) is 0 Å². The molecule has 1 heterocycles. The van der Waals surface area contributed by atoms with Crippen LogP contribution >= 0.6 is 11.6 Å². The van der Waals surface area contributed by atoms with Gasteiger partial charge in [-0.2, -0.15) is 13.2 Å². The Morgan fingerprint density at radius 3 is 2.26 bits per heavy atom. The summed E-state index contributed by atoms with van der Waals surface area (Å²) < 4.78 is 52.0. The van der Waals surface area contributed by atoms with Crippen LogP contribution < -0.4 is 5.32 Å². The number of amides is 1. The van der Waals surface area contributed by atoms with Crippen LogP contribution in [0.4, 0.5) is 13.2 Å². The molecule has 1 N–H and O–H groups in total. The molecule has 0 saturated carbocycles. The number of carbonyl (C=O) groups excluding carboxylic acids is 1. The predicted molar refractivity (Wildman–Crippen MR) is 99.2 cm³/mol. The van der Waals surface area contributed by atoms with Gasteiger partial charge in [-0.3, -0.25) is 4.79 Å². The molecule has 0 bridgehead atoms. The Morgan fingerprint density at radius 1 is 1.22 bits per heavy atom. The van der Waals surface area contributed by atoms with Crippen molar-refractivity contribution < 1.29 is 27.3 Å². The number of hydrogen-bond donors (Lipinski definition) is 1. The minimum absolute atomic E-state index is 0.00785. The molecule has 27 heavy (non-hydrogen) atoms. The largest absolute Gasteiger partial charge is 0.492 e. The molecule has 148 valence electrons. The van der Waals surface area contributed by atoms with Crippen LogP contribution in [0.2, 0.25) is 5.02 Å². The van der Waals surface area contributed by atoms with Gasteiger partial charge in [0, 0.05) is 18.5 Å². The fraction of sp³-hybridized carbons (Fsp3) is 0.500. The van der Waals surface area contributed by atoms with E-state index in [1.165, 1.54) is 25.1 Å². The van der Waals surface area contributed by atoms with E-state index in [0.717, 1.165) is 6.07 Å². The number of hydrogen-bond acceptors (Lipinski definition) is 3. The topological polar surface area (TPSA) is 47.6 Å². The lowest BCUT2D eigenvalue weighted by Gasteiger charge is -2.32. The first-order valence-corrected chi connectivity index (χ1v) is 8.78. The highest BCUT2D eigenvalue weighted by atomic mass is 35.5. The van der Waals surface area contributed by atoms with Crippen LogP contribution in [0.15, 0.2) is 23.7 Å². The van der Waals surface area contributed by atoms with E-state index in [2.05, 4.69) is 5.32 Å². The molecule has 0 radical (unpaired) electrons. The van der Waals surface area contributed by atoms with E-state index in [1.54, 1.807) is 0 Å². The molecule has 1 saturated heterocycles. The number of rotatable bonds is 4. The Kier molecular flexibility index (Phi) is 6.04.